The molecular formula is C15H29N3O2. The number of ether oxygens (including phenoxy) is 1. The Kier molecular flexibility index (Phi) is 5.21. The molecule has 5 heteroatoms. The highest BCUT2D eigenvalue weighted by Gasteiger charge is 2.51. The van der Waals surface area contributed by atoms with Crippen molar-refractivity contribution in [1.82, 2.24) is 10.2 Å². The number of methoxy groups -OCH3 is 1. The van der Waals surface area contributed by atoms with Crippen LogP contribution in [0.3, 0.4) is 0 Å². The van der Waals surface area contributed by atoms with Crippen LogP contribution in [0.4, 0.5) is 4.79 Å². The van der Waals surface area contributed by atoms with E-state index in [2.05, 4.69) is 44.5 Å². The van der Waals surface area contributed by atoms with Gasteiger partial charge < -0.3 is 15.8 Å². The maximum Gasteiger partial charge on any atom is 0.312 e. The second-order valence-corrected chi connectivity index (χ2v) is 6.75. The third-order valence-corrected chi connectivity index (χ3v) is 4.52. The predicted molar refractivity (Wildman–Crippen MR) is 81.6 cm³/mol. The summed E-state index contributed by atoms with van der Waals surface area (Å²) in [5.41, 5.74) is 5.16. The maximum absolute atomic E-state index is 11.3. The summed E-state index contributed by atoms with van der Waals surface area (Å²) in [5, 5.41) is 2.90. The summed E-state index contributed by atoms with van der Waals surface area (Å²) < 4.78 is 5.38. The van der Waals surface area contributed by atoms with Gasteiger partial charge in [0, 0.05) is 36.7 Å². The van der Waals surface area contributed by atoms with Gasteiger partial charge >= 0.3 is 6.03 Å². The first kappa shape index (κ1) is 17.0. The number of carbonyl (C=O) groups excluding carboxylic acids is 1. The van der Waals surface area contributed by atoms with Crippen molar-refractivity contribution in [3.63, 3.8) is 0 Å². The van der Waals surface area contributed by atoms with Crippen LogP contribution in [0.2, 0.25) is 0 Å². The van der Waals surface area contributed by atoms with Crippen molar-refractivity contribution in [3.8, 4) is 0 Å². The average molecular weight is 283 g/mol. The van der Waals surface area contributed by atoms with Gasteiger partial charge in [0.25, 0.3) is 0 Å². The lowest BCUT2D eigenvalue weighted by molar-refractivity contribution is -0.0904. The number of hydrogen-bond donors (Lipinski definition) is 2. The zero-order valence-corrected chi connectivity index (χ0v) is 13.4. The van der Waals surface area contributed by atoms with Crippen LogP contribution in [0.25, 0.3) is 0 Å². The van der Waals surface area contributed by atoms with Crippen molar-refractivity contribution in [2.45, 2.75) is 51.2 Å². The fourth-order valence-corrected chi connectivity index (χ4v) is 3.71. The summed E-state index contributed by atoms with van der Waals surface area (Å²) in [6.07, 6.45) is 2.76. The van der Waals surface area contributed by atoms with Crippen molar-refractivity contribution in [3.05, 3.63) is 12.7 Å². The van der Waals surface area contributed by atoms with E-state index >= 15 is 0 Å². The van der Waals surface area contributed by atoms with E-state index in [1.54, 1.807) is 7.11 Å². The van der Waals surface area contributed by atoms with Crippen LogP contribution < -0.4 is 11.1 Å². The fourth-order valence-electron chi connectivity index (χ4n) is 3.71. The molecule has 0 spiro atoms. The predicted octanol–water partition coefficient (Wildman–Crippen LogP) is 1.73. The zero-order chi connectivity index (χ0) is 15.6. The molecule has 0 aromatic heterocycles. The van der Waals surface area contributed by atoms with E-state index in [-0.39, 0.29) is 23.0 Å². The van der Waals surface area contributed by atoms with Crippen LogP contribution in [-0.4, -0.2) is 48.3 Å². The minimum absolute atomic E-state index is 0.0125. The number of nitrogens with two attached hydrogens (primary N) is 1. The molecule has 3 N–H and O–H groups in total. The summed E-state index contributed by atoms with van der Waals surface area (Å²) in [5.74, 6) is 0.174. The Morgan fingerprint density at radius 1 is 1.50 bits per heavy atom. The molecule has 1 heterocycles. The van der Waals surface area contributed by atoms with E-state index < -0.39 is 6.03 Å². The standard InChI is InChI=1S/C15H29N3O2/c1-7-8-18-14(2,3)9-12(17-13(16)19)11(10-20-6)15(18,4)5/h7,11-12H,1,8-10H2,2-6H3,(H3,16,17,19). The third-order valence-electron chi connectivity index (χ3n) is 4.52. The number of rotatable bonds is 5. The first-order valence-electron chi connectivity index (χ1n) is 7.10. The van der Waals surface area contributed by atoms with Crippen molar-refractivity contribution >= 4 is 6.03 Å². The van der Waals surface area contributed by atoms with Crippen LogP contribution in [0.15, 0.2) is 12.7 Å². The summed E-state index contributed by atoms with van der Waals surface area (Å²) >= 11 is 0. The van der Waals surface area contributed by atoms with E-state index in [0.29, 0.717) is 6.61 Å². The van der Waals surface area contributed by atoms with Gasteiger partial charge in [0.1, 0.15) is 0 Å². The van der Waals surface area contributed by atoms with Gasteiger partial charge in [-0.25, -0.2) is 4.79 Å². The number of primary amides is 1. The lowest BCUT2D eigenvalue weighted by Crippen LogP contribution is -2.70. The number of likely N-dealkylation sites (tertiary alicyclic amines) is 1. The lowest BCUT2D eigenvalue weighted by Gasteiger charge is -2.59. The van der Waals surface area contributed by atoms with Crippen molar-refractivity contribution in [2.75, 3.05) is 20.3 Å². The topological polar surface area (TPSA) is 67.6 Å². The molecule has 0 aromatic carbocycles. The average Bonchev–Trinajstić information content (AvgIpc) is 2.29. The van der Waals surface area contributed by atoms with Gasteiger partial charge in [-0.15, -0.1) is 6.58 Å². The molecular weight excluding hydrogens is 254 g/mol. The number of urea groups is 1. The molecule has 20 heavy (non-hydrogen) atoms. The molecule has 0 aliphatic carbocycles. The molecule has 1 aliphatic rings. The number of amides is 2. The number of piperidine rings is 1. The Labute approximate surface area is 122 Å². The highest BCUT2D eigenvalue weighted by Crippen LogP contribution is 2.42. The van der Waals surface area contributed by atoms with Crippen molar-refractivity contribution in [2.24, 2.45) is 11.7 Å². The summed E-state index contributed by atoms with van der Waals surface area (Å²) in [4.78, 5) is 13.7. The first-order valence-corrected chi connectivity index (χ1v) is 7.10. The lowest BCUT2D eigenvalue weighted by atomic mass is 9.69. The Bertz CT molecular complexity index is 366. The molecule has 1 saturated heterocycles. The SMILES string of the molecule is C=CCN1C(C)(C)CC(NC(N)=O)C(COC)C1(C)C. The maximum atomic E-state index is 11.3. The Morgan fingerprint density at radius 2 is 2.10 bits per heavy atom. The van der Waals surface area contributed by atoms with Crippen molar-refractivity contribution in [1.29, 1.82) is 0 Å². The number of nitrogens with one attached hydrogen (secondary N) is 1. The monoisotopic (exact) mass is 283 g/mol. The normalized spacial score (nSPS) is 28.9. The molecule has 1 fully saturated rings. The van der Waals surface area contributed by atoms with Gasteiger partial charge in [0.15, 0.2) is 0 Å². The second-order valence-electron chi connectivity index (χ2n) is 6.75. The van der Waals surface area contributed by atoms with E-state index in [0.717, 1.165) is 13.0 Å². The molecule has 5 nitrogen and oxygen atoms in total. The van der Waals surface area contributed by atoms with Crippen LogP contribution in [0.1, 0.15) is 34.1 Å². The Hall–Kier alpha value is -1.07. The van der Waals surface area contributed by atoms with Gasteiger partial charge in [-0.05, 0) is 34.1 Å². The molecule has 0 bridgehead atoms. The van der Waals surface area contributed by atoms with E-state index in [9.17, 15) is 4.79 Å². The highest BCUT2D eigenvalue weighted by atomic mass is 16.5. The second kappa shape index (κ2) is 6.14. The van der Waals surface area contributed by atoms with E-state index in [1.807, 2.05) is 6.08 Å². The molecule has 2 atom stereocenters. The quantitative estimate of drug-likeness (QED) is 0.755. The molecule has 0 aromatic rings. The third kappa shape index (κ3) is 3.33. The summed E-state index contributed by atoms with van der Waals surface area (Å²) in [6.45, 7) is 14.0. The zero-order valence-electron chi connectivity index (χ0n) is 13.4. The van der Waals surface area contributed by atoms with Crippen LogP contribution in [0.5, 0.6) is 0 Å². The minimum Gasteiger partial charge on any atom is -0.384 e. The van der Waals surface area contributed by atoms with Crippen LogP contribution in [0, 0.1) is 5.92 Å². The van der Waals surface area contributed by atoms with Crippen LogP contribution >= 0.6 is 0 Å². The molecule has 116 valence electrons. The van der Waals surface area contributed by atoms with Gasteiger partial charge in [-0.2, -0.15) is 0 Å². The van der Waals surface area contributed by atoms with E-state index in [1.165, 1.54) is 0 Å². The fraction of sp³-hybridized carbons (Fsp3) is 0.800. The van der Waals surface area contributed by atoms with E-state index in [4.69, 9.17) is 10.5 Å². The number of nitrogens with zero attached hydrogens (tertiary/aromatic N) is 1. The first-order chi connectivity index (χ1) is 9.16. The molecule has 0 saturated carbocycles. The summed E-state index contributed by atoms with van der Waals surface area (Å²) in [7, 11) is 1.69. The molecule has 1 rings (SSSR count). The summed E-state index contributed by atoms with van der Waals surface area (Å²) in [6, 6.07) is -0.460. The highest BCUT2D eigenvalue weighted by molar-refractivity contribution is 5.72. The molecule has 0 radical (unpaired) electrons. The number of hydrogen-bond acceptors (Lipinski definition) is 3. The number of carbonyl (C=O) groups is 1. The van der Waals surface area contributed by atoms with Crippen LogP contribution in [-0.2, 0) is 4.74 Å². The smallest absolute Gasteiger partial charge is 0.312 e. The van der Waals surface area contributed by atoms with Gasteiger partial charge in [-0.3, -0.25) is 4.90 Å². The van der Waals surface area contributed by atoms with Gasteiger partial charge in [0.05, 0.1) is 6.61 Å². The minimum atomic E-state index is -0.472. The van der Waals surface area contributed by atoms with Gasteiger partial charge in [-0.1, -0.05) is 6.08 Å². The molecule has 1 aliphatic heterocycles. The van der Waals surface area contributed by atoms with Gasteiger partial charge in [0.2, 0.25) is 0 Å². The van der Waals surface area contributed by atoms with Crippen molar-refractivity contribution < 1.29 is 9.53 Å². The molecule has 2 amide bonds. The Balaban J connectivity index is 3.13. The molecule has 2 unspecified atom stereocenters. The largest absolute Gasteiger partial charge is 0.384 e. The Morgan fingerprint density at radius 3 is 2.55 bits per heavy atom.